The second-order valence-electron chi connectivity index (χ2n) is 4.49. The van der Waals surface area contributed by atoms with Gasteiger partial charge in [-0.3, -0.25) is 10.1 Å². The summed E-state index contributed by atoms with van der Waals surface area (Å²) in [6.07, 6.45) is 1.69. The Morgan fingerprint density at radius 3 is 2.33 bits per heavy atom. The minimum absolute atomic E-state index is 0.0350. The van der Waals surface area contributed by atoms with Crippen LogP contribution in [0.1, 0.15) is 0 Å². The number of nitro benzene ring substituents is 1. The van der Waals surface area contributed by atoms with Gasteiger partial charge in [-0.2, -0.15) is 5.10 Å². The summed E-state index contributed by atoms with van der Waals surface area (Å²) in [7, 11) is 0. The average molecular weight is 280 g/mol. The van der Waals surface area contributed by atoms with Gasteiger partial charge < -0.3 is 5.73 Å². The molecule has 6 nitrogen and oxygen atoms in total. The van der Waals surface area contributed by atoms with Gasteiger partial charge in [-0.25, -0.2) is 4.68 Å². The number of nitro groups is 1. The number of non-ortho nitro benzene ring substituents is 1. The third-order valence-electron chi connectivity index (χ3n) is 3.20. The molecule has 2 aromatic carbocycles. The summed E-state index contributed by atoms with van der Waals surface area (Å²) in [5.41, 5.74) is 8.65. The molecule has 0 atom stereocenters. The Labute approximate surface area is 120 Å². The Balaban J connectivity index is 2.01. The van der Waals surface area contributed by atoms with E-state index in [9.17, 15) is 10.1 Å². The fraction of sp³-hybridized carbons (Fsp3) is 0. The van der Waals surface area contributed by atoms with Crippen molar-refractivity contribution in [2.75, 3.05) is 5.73 Å². The third-order valence-corrected chi connectivity index (χ3v) is 3.20. The van der Waals surface area contributed by atoms with Crippen LogP contribution in [0.4, 0.5) is 11.5 Å². The second-order valence-corrected chi connectivity index (χ2v) is 4.49. The molecule has 0 aliphatic heterocycles. The summed E-state index contributed by atoms with van der Waals surface area (Å²) in [6.45, 7) is 0. The zero-order chi connectivity index (χ0) is 14.8. The van der Waals surface area contributed by atoms with Gasteiger partial charge in [-0.15, -0.1) is 0 Å². The van der Waals surface area contributed by atoms with E-state index in [1.807, 2.05) is 30.3 Å². The number of rotatable bonds is 3. The first-order valence-electron chi connectivity index (χ1n) is 6.30. The summed E-state index contributed by atoms with van der Waals surface area (Å²) in [4.78, 5) is 10.2. The molecule has 3 aromatic rings. The molecular formula is C15H12N4O2. The van der Waals surface area contributed by atoms with Gasteiger partial charge in [0.1, 0.15) is 5.82 Å². The maximum Gasteiger partial charge on any atom is 0.269 e. The minimum atomic E-state index is -0.439. The molecule has 0 aliphatic rings. The van der Waals surface area contributed by atoms with Crippen LogP contribution in [0.25, 0.3) is 16.8 Å². The van der Waals surface area contributed by atoms with E-state index in [2.05, 4.69) is 5.10 Å². The zero-order valence-corrected chi connectivity index (χ0v) is 11.0. The summed E-state index contributed by atoms with van der Waals surface area (Å²) in [5, 5.41) is 14.9. The van der Waals surface area contributed by atoms with Crippen LogP contribution in [0, 0.1) is 10.1 Å². The fourth-order valence-corrected chi connectivity index (χ4v) is 2.12. The number of hydrogen-bond acceptors (Lipinski definition) is 4. The Morgan fingerprint density at radius 1 is 1.05 bits per heavy atom. The van der Waals surface area contributed by atoms with Crippen LogP contribution < -0.4 is 5.73 Å². The van der Waals surface area contributed by atoms with Crippen LogP contribution in [-0.2, 0) is 0 Å². The van der Waals surface area contributed by atoms with E-state index >= 15 is 0 Å². The van der Waals surface area contributed by atoms with Crippen molar-refractivity contribution in [1.29, 1.82) is 0 Å². The number of anilines is 1. The van der Waals surface area contributed by atoms with E-state index in [0.717, 1.165) is 11.1 Å². The van der Waals surface area contributed by atoms with Crippen molar-refractivity contribution in [3.63, 3.8) is 0 Å². The average Bonchev–Trinajstić information content (AvgIpc) is 2.90. The quantitative estimate of drug-likeness (QED) is 0.590. The molecule has 104 valence electrons. The highest BCUT2D eigenvalue weighted by Crippen LogP contribution is 2.27. The smallest absolute Gasteiger partial charge is 0.269 e. The number of hydrogen-bond donors (Lipinski definition) is 1. The highest BCUT2D eigenvalue weighted by Gasteiger charge is 2.12. The first kappa shape index (κ1) is 12.9. The van der Waals surface area contributed by atoms with Gasteiger partial charge in [-0.1, -0.05) is 30.3 Å². The van der Waals surface area contributed by atoms with Crippen LogP contribution in [0.2, 0.25) is 0 Å². The summed E-state index contributed by atoms with van der Waals surface area (Å²) >= 11 is 0. The first-order chi connectivity index (χ1) is 10.2. The van der Waals surface area contributed by atoms with Gasteiger partial charge in [0, 0.05) is 17.7 Å². The number of aromatic nitrogens is 2. The van der Waals surface area contributed by atoms with Crippen LogP contribution in [0.15, 0.2) is 60.8 Å². The maximum atomic E-state index is 10.7. The van der Waals surface area contributed by atoms with E-state index in [0.29, 0.717) is 11.5 Å². The molecule has 0 bridgehead atoms. The van der Waals surface area contributed by atoms with E-state index in [-0.39, 0.29) is 5.69 Å². The summed E-state index contributed by atoms with van der Waals surface area (Å²) in [5.74, 6) is 0.495. The van der Waals surface area contributed by atoms with E-state index in [4.69, 9.17) is 5.73 Å². The lowest BCUT2D eigenvalue weighted by molar-refractivity contribution is -0.384. The summed E-state index contributed by atoms with van der Waals surface area (Å²) in [6, 6.07) is 15.8. The predicted octanol–water partition coefficient (Wildman–Crippen LogP) is 3.03. The molecule has 1 aromatic heterocycles. The van der Waals surface area contributed by atoms with Gasteiger partial charge in [0.05, 0.1) is 16.8 Å². The monoisotopic (exact) mass is 280 g/mol. The van der Waals surface area contributed by atoms with E-state index < -0.39 is 4.92 Å². The van der Waals surface area contributed by atoms with Crippen LogP contribution in [-0.4, -0.2) is 14.7 Å². The molecule has 0 unspecified atom stereocenters. The number of benzene rings is 2. The number of nitrogens with two attached hydrogens (primary N) is 1. The minimum Gasteiger partial charge on any atom is -0.383 e. The Bertz CT molecular complexity index is 779. The molecule has 0 amide bonds. The van der Waals surface area contributed by atoms with Crippen molar-refractivity contribution in [1.82, 2.24) is 9.78 Å². The van der Waals surface area contributed by atoms with Gasteiger partial charge in [0.2, 0.25) is 0 Å². The van der Waals surface area contributed by atoms with Crippen molar-refractivity contribution in [2.24, 2.45) is 0 Å². The molecule has 2 N–H and O–H groups in total. The van der Waals surface area contributed by atoms with Crippen molar-refractivity contribution < 1.29 is 4.92 Å². The van der Waals surface area contributed by atoms with Crippen molar-refractivity contribution in [3.05, 3.63) is 70.9 Å². The van der Waals surface area contributed by atoms with E-state index in [1.54, 1.807) is 23.0 Å². The lowest BCUT2D eigenvalue weighted by atomic mass is 10.1. The van der Waals surface area contributed by atoms with Gasteiger partial charge in [-0.05, 0) is 17.7 Å². The van der Waals surface area contributed by atoms with Crippen molar-refractivity contribution in [2.45, 2.75) is 0 Å². The number of nitrogens with zero attached hydrogens (tertiary/aromatic N) is 3. The molecular weight excluding hydrogens is 268 g/mol. The molecule has 0 radical (unpaired) electrons. The fourth-order valence-electron chi connectivity index (χ4n) is 2.12. The predicted molar refractivity (Wildman–Crippen MR) is 80.1 cm³/mol. The van der Waals surface area contributed by atoms with Crippen LogP contribution in [0.5, 0.6) is 0 Å². The normalized spacial score (nSPS) is 10.5. The van der Waals surface area contributed by atoms with E-state index in [1.165, 1.54) is 12.1 Å². The number of nitrogen functional groups attached to an aromatic ring is 1. The standard InChI is InChI=1S/C15H12N4O2/c16-15-14(11-4-2-1-3-5-11)10-17-18(15)12-6-8-13(9-7-12)19(20)21/h1-10H,16H2. The molecule has 3 rings (SSSR count). The molecule has 0 fully saturated rings. The van der Waals surface area contributed by atoms with Crippen LogP contribution in [0.3, 0.4) is 0 Å². The topological polar surface area (TPSA) is 87.0 Å². The Hall–Kier alpha value is -3.15. The lowest BCUT2D eigenvalue weighted by Gasteiger charge is -2.05. The zero-order valence-electron chi connectivity index (χ0n) is 11.0. The Morgan fingerprint density at radius 2 is 1.71 bits per heavy atom. The summed E-state index contributed by atoms with van der Waals surface area (Å²) < 4.78 is 1.56. The first-order valence-corrected chi connectivity index (χ1v) is 6.30. The highest BCUT2D eigenvalue weighted by atomic mass is 16.6. The van der Waals surface area contributed by atoms with Crippen molar-refractivity contribution >= 4 is 11.5 Å². The van der Waals surface area contributed by atoms with Gasteiger partial charge in [0.15, 0.2) is 0 Å². The molecule has 0 aliphatic carbocycles. The molecule has 6 heteroatoms. The lowest BCUT2D eigenvalue weighted by Crippen LogP contribution is -2.02. The van der Waals surface area contributed by atoms with Crippen molar-refractivity contribution in [3.8, 4) is 16.8 Å². The molecule has 1 heterocycles. The molecule has 0 saturated heterocycles. The molecule has 21 heavy (non-hydrogen) atoms. The Kier molecular flexibility index (Phi) is 3.12. The SMILES string of the molecule is Nc1c(-c2ccccc2)cnn1-c1ccc([N+](=O)[O-])cc1. The van der Waals surface area contributed by atoms with Crippen LogP contribution >= 0.6 is 0 Å². The third kappa shape index (κ3) is 2.34. The highest BCUT2D eigenvalue weighted by molar-refractivity contribution is 5.74. The molecule has 0 saturated carbocycles. The van der Waals surface area contributed by atoms with Gasteiger partial charge in [0.25, 0.3) is 5.69 Å². The largest absolute Gasteiger partial charge is 0.383 e. The maximum absolute atomic E-state index is 10.7. The van der Waals surface area contributed by atoms with Gasteiger partial charge >= 0.3 is 0 Å². The molecule has 0 spiro atoms. The second kappa shape index (κ2) is 5.09.